The Bertz CT molecular complexity index is 1170. The maximum Gasteiger partial charge on any atom is 0.225 e. The summed E-state index contributed by atoms with van der Waals surface area (Å²) in [5.41, 5.74) is 2.66. The van der Waals surface area contributed by atoms with E-state index in [9.17, 15) is 13.2 Å². The van der Waals surface area contributed by atoms with Crippen molar-refractivity contribution in [3.05, 3.63) is 58.7 Å². The molecule has 30 heavy (non-hydrogen) atoms. The number of anilines is 1. The molecule has 0 fully saturated rings. The zero-order chi connectivity index (χ0) is 21.9. The third kappa shape index (κ3) is 4.83. The normalized spacial score (nSPS) is 11.3. The van der Waals surface area contributed by atoms with Crippen LogP contribution in [0, 0.1) is 13.8 Å². The number of carbonyl (C=O) groups excluding carboxylic acids is 1. The number of rotatable bonds is 7. The quantitative estimate of drug-likeness (QED) is 0.574. The zero-order valence-electron chi connectivity index (χ0n) is 16.7. The predicted molar refractivity (Wildman–Crippen MR) is 115 cm³/mol. The summed E-state index contributed by atoms with van der Waals surface area (Å²) in [6, 6.07) is 11.3. The molecule has 0 unspecified atom stereocenters. The summed E-state index contributed by atoms with van der Waals surface area (Å²) >= 11 is 5.82. The second-order valence-electron chi connectivity index (χ2n) is 6.71. The lowest BCUT2D eigenvalue weighted by molar-refractivity contribution is -0.115. The summed E-state index contributed by atoms with van der Waals surface area (Å²) in [5.74, 6) is -0.101. The minimum Gasteiger partial charge on any atom is -0.495 e. The Hall–Kier alpha value is -2.84. The molecule has 3 aromatic rings. The van der Waals surface area contributed by atoms with Crippen molar-refractivity contribution in [2.24, 2.45) is 0 Å². The molecule has 0 aliphatic rings. The Morgan fingerprint density at radius 1 is 1.17 bits per heavy atom. The molecule has 1 N–H and O–H groups in total. The molecule has 9 heteroatoms. The maximum absolute atomic E-state index is 13.0. The molecule has 0 spiro atoms. The van der Waals surface area contributed by atoms with Gasteiger partial charge in [0.15, 0.2) is 15.6 Å². The Kier molecular flexibility index (Phi) is 6.48. The van der Waals surface area contributed by atoms with Gasteiger partial charge in [-0.3, -0.25) is 4.79 Å². The van der Waals surface area contributed by atoms with Gasteiger partial charge in [-0.25, -0.2) is 8.42 Å². The summed E-state index contributed by atoms with van der Waals surface area (Å²) in [6.07, 6.45) is -0.210. The Morgan fingerprint density at radius 2 is 1.87 bits per heavy atom. The molecule has 0 saturated carbocycles. The highest BCUT2D eigenvalue weighted by Crippen LogP contribution is 2.33. The highest BCUT2D eigenvalue weighted by Gasteiger charge is 2.23. The molecule has 0 bridgehead atoms. The first-order valence-corrected chi connectivity index (χ1v) is 11.1. The first kappa shape index (κ1) is 21.9. The summed E-state index contributed by atoms with van der Waals surface area (Å²) in [5, 5.41) is 7.11. The van der Waals surface area contributed by atoms with Gasteiger partial charge in [-0.05, 0) is 56.3 Å². The number of halogens is 1. The van der Waals surface area contributed by atoms with E-state index < -0.39 is 15.7 Å². The number of nitrogens with zero attached hydrogens (tertiary/aromatic N) is 1. The summed E-state index contributed by atoms with van der Waals surface area (Å²) < 4.78 is 36.5. The fourth-order valence-corrected chi connectivity index (χ4v) is 4.40. The van der Waals surface area contributed by atoms with Crippen molar-refractivity contribution in [1.29, 1.82) is 0 Å². The fourth-order valence-electron chi connectivity index (χ4n) is 2.84. The van der Waals surface area contributed by atoms with Crippen molar-refractivity contribution >= 4 is 33.0 Å². The number of ether oxygens (including phenoxy) is 1. The Balaban J connectivity index is 1.80. The molecule has 0 atom stereocenters. The van der Waals surface area contributed by atoms with Crippen molar-refractivity contribution in [3.8, 4) is 17.1 Å². The maximum atomic E-state index is 13.0. The van der Waals surface area contributed by atoms with Crippen LogP contribution in [0.5, 0.6) is 5.75 Å². The summed E-state index contributed by atoms with van der Waals surface area (Å²) in [7, 11) is -2.41. The van der Waals surface area contributed by atoms with Crippen molar-refractivity contribution in [2.45, 2.75) is 25.2 Å². The van der Waals surface area contributed by atoms with Gasteiger partial charge in [0.25, 0.3) is 0 Å². The minimum absolute atomic E-state index is 0.00440. The van der Waals surface area contributed by atoms with Gasteiger partial charge in [0.2, 0.25) is 5.91 Å². The van der Waals surface area contributed by atoms with E-state index in [4.69, 9.17) is 20.9 Å². The molecule has 2 aromatic carbocycles. The van der Waals surface area contributed by atoms with Crippen LogP contribution < -0.4 is 10.1 Å². The molecule has 3 rings (SSSR count). The first-order valence-electron chi connectivity index (χ1n) is 9.10. The lowest BCUT2D eigenvalue weighted by atomic mass is 10.1. The third-order valence-electron chi connectivity index (χ3n) is 4.64. The monoisotopic (exact) mass is 448 g/mol. The van der Waals surface area contributed by atoms with Crippen LogP contribution in [0.1, 0.15) is 17.7 Å². The van der Waals surface area contributed by atoms with E-state index in [1.807, 2.05) is 13.8 Å². The van der Waals surface area contributed by atoms with Gasteiger partial charge in [-0.15, -0.1) is 0 Å². The van der Waals surface area contributed by atoms with E-state index in [0.717, 1.165) is 11.3 Å². The zero-order valence-corrected chi connectivity index (χ0v) is 18.3. The minimum atomic E-state index is -3.80. The van der Waals surface area contributed by atoms with Crippen LogP contribution in [0.3, 0.4) is 0 Å². The molecule has 1 aromatic heterocycles. The fraction of sp³-hybridized carbons (Fsp3) is 0.238. The van der Waals surface area contributed by atoms with Crippen LogP contribution in [-0.4, -0.2) is 32.3 Å². The topological polar surface area (TPSA) is 98.5 Å². The third-order valence-corrected chi connectivity index (χ3v) is 6.63. The molecule has 1 heterocycles. The van der Waals surface area contributed by atoms with Gasteiger partial charge < -0.3 is 14.6 Å². The molecule has 1 amide bonds. The molecular weight excluding hydrogens is 428 g/mol. The smallest absolute Gasteiger partial charge is 0.225 e. The van der Waals surface area contributed by atoms with Gasteiger partial charge in [-0.2, -0.15) is 0 Å². The standard InChI is InChI=1S/C21H21ClN2O5S/c1-13-14(2)24-29-21(13)15-4-9-18(28-3)19(12-15)30(26,27)11-10-20(25)23-17-7-5-16(22)6-8-17/h4-9,12H,10-11H2,1-3H3,(H,23,25). The van der Waals surface area contributed by atoms with E-state index in [0.29, 0.717) is 22.0 Å². The second-order valence-corrected chi connectivity index (χ2v) is 9.23. The first-order chi connectivity index (χ1) is 14.2. The van der Waals surface area contributed by atoms with Crippen LogP contribution in [0.15, 0.2) is 51.9 Å². The largest absolute Gasteiger partial charge is 0.495 e. The van der Waals surface area contributed by atoms with Crippen molar-refractivity contribution in [1.82, 2.24) is 5.16 Å². The second kappa shape index (κ2) is 8.89. The van der Waals surface area contributed by atoms with Crippen LogP contribution in [0.25, 0.3) is 11.3 Å². The van der Waals surface area contributed by atoms with E-state index in [1.165, 1.54) is 13.2 Å². The number of methoxy groups -OCH3 is 1. The number of aromatic nitrogens is 1. The number of hydrogen-bond acceptors (Lipinski definition) is 6. The van der Waals surface area contributed by atoms with Crippen LogP contribution in [-0.2, 0) is 14.6 Å². The predicted octanol–water partition coefficient (Wildman–Crippen LogP) is 4.42. The van der Waals surface area contributed by atoms with Crippen LogP contribution >= 0.6 is 11.6 Å². The average molecular weight is 449 g/mol. The number of hydrogen-bond donors (Lipinski definition) is 1. The Morgan fingerprint density at radius 3 is 2.47 bits per heavy atom. The number of aryl methyl sites for hydroxylation is 1. The SMILES string of the molecule is COc1ccc(-c2onc(C)c2C)cc1S(=O)(=O)CCC(=O)Nc1ccc(Cl)cc1. The van der Waals surface area contributed by atoms with Gasteiger partial charge in [0, 0.05) is 28.3 Å². The molecule has 0 radical (unpaired) electrons. The van der Waals surface area contributed by atoms with E-state index in [1.54, 1.807) is 36.4 Å². The summed E-state index contributed by atoms with van der Waals surface area (Å²) in [6.45, 7) is 3.66. The molecule has 0 aliphatic carbocycles. The number of carbonyl (C=O) groups is 1. The summed E-state index contributed by atoms with van der Waals surface area (Å²) in [4.78, 5) is 12.2. The molecule has 7 nitrogen and oxygen atoms in total. The number of sulfone groups is 1. The molecule has 0 aliphatic heterocycles. The van der Waals surface area contributed by atoms with Crippen LogP contribution in [0.4, 0.5) is 5.69 Å². The van der Waals surface area contributed by atoms with E-state index in [2.05, 4.69) is 10.5 Å². The van der Waals surface area contributed by atoms with Crippen molar-refractivity contribution in [2.75, 3.05) is 18.2 Å². The lowest BCUT2D eigenvalue weighted by Crippen LogP contribution is -2.18. The van der Waals surface area contributed by atoms with Gasteiger partial charge in [-0.1, -0.05) is 16.8 Å². The van der Waals surface area contributed by atoms with Crippen molar-refractivity contribution < 1.29 is 22.5 Å². The van der Waals surface area contributed by atoms with Crippen LogP contribution in [0.2, 0.25) is 5.02 Å². The number of nitrogens with one attached hydrogen (secondary N) is 1. The highest BCUT2D eigenvalue weighted by atomic mass is 35.5. The van der Waals surface area contributed by atoms with Crippen molar-refractivity contribution in [3.63, 3.8) is 0 Å². The Labute approximate surface area is 179 Å². The number of benzene rings is 2. The average Bonchev–Trinajstić information content (AvgIpc) is 3.06. The van der Waals surface area contributed by atoms with Gasteiger partial charge >= 0.3 is 0 Å². The molecule has 0 saturated heterocycles. The molecule has 158 valence electrons. The highest BCUT2D eigenvalue weighted by molar-refractivity contribution is 7.91. The lowest BCUT2D eigenvalue weighted by Gasteiger charge is -2.11. The number of amides is 1. The van der Waals surface area contributed by atoms with E-state index in [-0.39, 0.29) is 22.8 Å². The van der Waals surface area contributed by atoms with E-state index >= 15 is 0 Å². The van der Waals surface area contributed by atoms with Gasteiger partial charge in [0.1, 0.15) is 10.6 Å². The van der Waals surface area contributed by atoms with Gasteiger partial charge in [0.05, 0.1) is 18.6 Å². The molecular formula is C21H21ClN2O5S.